The highest BCUT2D eigenvalue weighted by Gasteiger charge is 2.54. The molecule has 0 spiro atoms. The Morgan fingerprint density at radius 1 is 1.11 bits per heavy atom. The number of hydrogen-bond acceptors (Lipinski definition) is 3. The average Bonchev–Trinajstić information content (AvgIpc) is 2.27. The van der Waals surface area contributed by atoms with Gasteiger partial charge >= 0.3 is 0 Å². The smallest absolute Gasteiger partial charge is 0.146 e. The van der Waals surface area contributed by atoms with E-state index in [0.717, 1.165) is 16.2 Å². The Hall–Kier alpha value is -0.380. The van der Waals surface area contributed by atoms with Crippen LogP contribution in [0.5, 0.6) is 0 Å². The average molecular weight is 280 g/mol. The van der Waals surface area contributed by atoms with E-state index in [1.165, 1.54) is 11.8 Å². The summed E-state index contributed by atoms with van der Waals surface area (Å²) in [6, 6.07) is 9.86. The molecule has 0 bridgehead atoms. The van der Waals surface area contributed by atoms with Crippen molar-refractivity contribution in [3.63, 3.8) is 0 Å². The van der Waals surface area contributed by atoms with Gasteiger partial charge in [0.15, 0.2) is 0 Å². The molecule has 1 aliphatic rings. The second-order valence-electron chi connectivity index (χ2n) is 6.34. The summed E-state index contributed by atoms with van der Waals surface area (Å²) in [5.41, 5.74) is 0.716. The number of rotatable bonds is 1. The first-order chi connectivity index (χ1) is 8.19. The van der Waals surface area contributed by atoms with Crippen molar-refractivity contribution in [2.75, 3.05) is 0 Å². The van der Waals surface area contributed by atoms with Gasteiger partial charge in [0, 0.05) is 10.8 Å². The van der Waals surface area contributed by atoms with E-state index in [1.54, 1.807) is 0 Å². The molecule has 0 saturated carbocycles. The molecule has 1 N–H and O–H groups in total. The lowest BCUT2D eigenvalue weighted by Gasteiger charge is -2.51. The highest BCUT2D eigenvalue weighted by atomic mass is 32.2. The molecule has 2 rings (SSSR count). The molecular formula is C15H20OS2. The van der Waals surface area contributed by atoms with Gasteiger partial charge < -0.3 is 5.11 Å². The Bertz CT molecular complexity index is 465. The van der Waals surface area contributed by atoms with Gasteiger partial charge in [-0.25, -0.2) is 0 Å². The Balaban J connectivity index is 2.48. The molecule has 1 saturated heterocycles. The monoisotopic (exact) mass is 280 g/mol. The Labute approximate surface area is 119 Å². The second-order valence-corrected chi connectivity index (χ2v) is 8.21. The minimum absolute atomic E-state index is 0.00941. The summed E-state index contributed by atoms with van der Waals surface area (Å²) in [5.74, 6) is 0. The van der Waals surface area contributed by atoms with Crippen LogP contribution < -0.4 is 0 Å². The zero-order chi connectivity index (χ0) is 13.6. The fourth-order valence-electron chi connectivity index (χ4n) is 2.82. The summed E-state index contributed by atoms with van der Waals surface area (Å²) in [6.07, 6.45) is 0.886. The quantitative estimate of drug-likeness (QED) is 0.772. The fraction of sp³-hybridized carbons (Fsp3) is 0.533. The number of benzene rings is 1. The zero-order valence-corrected chi connectivity index (χ0v) is 13.0. The van der Waals surface area contributed by atoms with Crippen molar-refractivity contribution >= 4 is 28.2 Å². The van der Waals surface area contributed by atoms with E-state index >= 15 is 0 Å². The standard InChI is InChI=1S/C15H20OS2/c1-13(2)10-14(3,4)15(16,18-12(13)17)11-8-6-5-7-9-11/h5-9,16H,10H2,1-4H3. The lowest BCUT2D eigenvalue weighted by Crippen LogP contribution is -2.49. The van der Waals surface area contributed by atoms with Crippen molar-refractivity contribution < 1.29 is 5.11 Å². The summed E-state index contributed by atoms with van der Waals surface area (Å²) >= 11 is 6.94. The summed E-state index contributed by atoms with van der Waals surface area (Å²) in [4.78, 5) is -0.930. The van der Waals surface area contributed by atoms with Gasteiger partial charge in [0.1, 0.15) is 4.93 Å². The first-order valence-electron chi connectivity index (χ1n) is 6.20. The number of aliphatic hydroxyl groups is 1. The third kappa shape index (κ3) is 2.13. The molecule has 18 heavy (non-hydrogen) atoms. The third-order valence-electron chi connectivity index (χ3n) is 3.76. The van der Waals surface area contributed by atoms with Crippen LogP contribution in [0.1, 0.15) is 39.7 Å². The van der Waals surface area contributed by atoms with Crippen molar-refractivity contribution in [1.29, 1.82) is 0 Å². The molecule has 1 aliphatic heterocycles. The molecule has 3 heteroatoms. The second kappa shape index (κ2) is 4.32. The Morgan fingerprint density at radius 3 is 2.22 bits per heavy atom. The van der Waals surface area contributed by atoms with Crippen LogP contribution in [0.4, 0.5) is 0 Å². The molecule has 1 unspecified atom stereocenters. The lowest BCUT2D eigenvalue weighted by atomic mass is 9.70. The van der Waals surface area contributed by atoms with Crippen LogP contribution in [0.3, 0.4) is 0 Å². The number of thioether (sulfide) groups is 1. The topological polar surface area (TPSA) is 20.2 Å². The van der Waals surface area contributed by atoms with Crippen LogP contribution in [0.25, 0.3) is 0 Å². The van der Waals surface area contributed by atoms with Crippen LogP contribution >= 0.6 is 24.0 Å². The van der Waals surface area contributed by atoms with Gasteiger partial charge in [0.05, 0.1) is 4.20 Å². The molecule has 1 heterocycles. The van der Waals surface area contributed by atoms with Crippen LogP contribution in [0.15, 0.2) is 30.3 Å². The minimum atomic E-state index is -0.930. The third-order valence-corrected chi connectivity index (χ3v) is 6.38. The van der Waals surface area contributed by atoms with E-state index in [4.69, 9.17) is 12.2 Å². The van der Waals surface area contributed by atoms with Gasteiger partial charge in [0.25, 0.3) is 0 Å². The summed E-state index contributed by atoms with van der Waals surface area (Å²) in [7, 11) is 0. The van der Waals surface area contributed by atoms with E-state index in [1.807, 2.05) is 30.3 Å². The Kier molecular flexibility index (Phi) is 3.37. The van der Waals surface area contributed by atoms with Crippen molar-refractivity contribution in [2.24, 2.45) is 10.8 Å². The summed E-state index contributed by atoms with van der Waals surface area (Å²) in [5, 5.41) is 11.1. The molecule has 1 nitrogen and oxygen atoms in total. The molecule has 0 radical (unpaired) electrons. The van der Waals surface area contributed by atoms with E-state index < -0.39 is 4.93 Å². The molecule has 0 amide bonds. The van der Waals surface area contributed by atoms with E-state index in [2.05, 4.69) is 27.7 Å². The van der Waals surface area contributed by atoms with Crippen molar-refractivity contribution in [3.05, 3.63) is 35.9 Å². The molecule has 0 aromatic heterocycles. The van der Waals surface area contributed by atoms with Gasteiger partial charge in [-0.05, 0) is 12.0 Å². The van der Waals surface area contributed by atoms with Gasteiger partial charge in [-0.1, -0.05) is 82.0 Å². The maximum absolute atomic E-state index is 11.1. The lowest BCUT2D eigenvalue weighted by molar-refractivity contribution is -0.00970. The Morgan fingerprint density at radius 2 is 1.67 bits per heavy atom. The fourth-order valence-corrected chi connectivity index (χ4v) is 4.47. The van der Waals surface area contributed by atoms with E-state index in [9.17, 15) is 5.11 Å². The number of hydrogen-bond donors (Lipinski definition) is 1. The molecule has 1 aromatic rings. The molecule has 1 atom stereocenters. The van der Waals surface area contributed by atoms with Crippen molar-refractivity contribution in [1.82, 2.24) is 0 Å². The summed E-state index contributed by atoms with van der Waals surface area (Å²) < 4.78 is 0.896. The number of thiocarbonyl (C=S) groups is 1. The molecule has 1 aromatic carbocycles. The largest absolute Gasteiger partial charge is 0.374 e. The van der Waals surface area contributed by atoms with Gasteiger partial charge in [-0.2, -0.15) is 0 Å². The van der Waals surface area contributed by atoms with Gasteiger partial charge in [0.2, 0.25) is 0 Å². The van der Waals surface area contributed by atoms with Crippen molar-refractivity contribution in [2.45, 2.75) is 39.0 Å². The van der Waals surface area contributed by atoms with Crippen LogP contribution in [-0.4, -0.2) is 9.30 Å². The predicted molar refractivity (Wildman–Crippen MR) is 82.7 cm³/mol. The SMILES string of the molecule is CC1(C)CC(C)(C)C(O)(c2ccccc2)SC1=S. The predicted octanol–water partition coefficient (Wildman–Crippen LogP) is 4.35. The van der Waals surface area contributed by atoms with E-state index in [-0.39, 0.29) is 10.8 Å². The van der Waals surface area contributed by atoms with E-state index in [0.29, 0.717) is 0 Å². The molecule has 1 fully saturated rings. The van der Waals surface area contributed by atoms with Gasteiger partial charge in [-0.15, -0.1) is 0 Å². The maximum Gasteiger partial charge on any atom is 0.146 e. The first-order valence-corrected chi connectivity index (χ1v) is 7.43. The molecular weight excluding hydrogens is 260 g/mol. The van der Waals surface area contributed by atoms with Crippen LogP contribution in [0.2, 0.25) is 0 Å². The maximum atomic E-state index is 11.1. The highest BCUT2D eigenvalue weighted by molar-refractivity contribution is 8.23. The molecule has 0 aliphatic carbocycles. The van der Waals surface area contributed by atoms with Crippen LogP contribution in [-0.2, 0) is 4.93 Å². The first kappa shape index (κ1) is 14.0. The van der Waals surface area contributed by atoms with Gasteiger partial charge in [-0.3, -0.25) is 0 Å². The highest BCUT2D eigenvalue weighted by Crippen LogP contribution is 2.59. The molecule has 98 valence electrons. The normalized spacial score (nSPS) is 30.2. The minimum Gasteiger partial charge on any atom is -0.374 e. The zero-order valence-electron chi connectivity index (χ0n) is 11.4. The summed E-state index contributed by atoms with van der Waals surface area (Å²) in [6.45, 7) is 8.57. The van der Waals surface area contributed by atoms with Crippen LogP contribution in [0, 0.1) is 10.8 Å². The van der Waals surface area contributed by atoms with Crippen molar-refractivity contribution in [3.8, 4) is 0 Å².